The first-order valence-electron chi connectivity index (χ1n) is 5.92. The molecule has 0 aliphatic carbocycles. The van der Waals surface area contributed by atoms with Crippen molar-refractivity contribution in [1.29, 1.82) is 0 Å². The van der Waals surface area contributed by atoms with Gasteiger partial charge < -0.3 is 5.32 Å². The molecule has 2 rings (SSSR count). The zero-order valence-electron chi connectivity index (χ0n) is 10.4. The average molecular weight is 226 g/mol. The standard InChI is InChI=1S/C15H18N2/c1-12-7-13(2)9-14(8-12)10-16-11-15-5-3-4-6-17-15/h3-9,16H,10-11H2,1-2H3. The monoisotopic (exact) mass is 226 g/mol. The molecule has 1 aromatic carbocycles. The van der Waals surface area contributed by atoms with E-state index in [2.05, 4.69) is 42.3 Å². The van der Waals surface area contributed by atoms with Crippen molar-refractivity contribution in [2.24, 2.45) is 0 Å². The number of benzene rings is 1. The van der Waals surface area contributed by atoms with Crippen molar-refractivity contribution in [3.8, 4) is 0 Å². The molecule has 0 saturated carbocycles. The predicted molar refractivity (Wildman–Crippen MR) is 70.7 cm³/mol. The molecule has 2 aromatic rings. The highest BCUT2D eigenvalue weighted by Crippen LogP contribution is 2.08. The van der Waals surface area contributed by atoms with Crippen molar-refractivity contribution in [3.63, 3.8) is 0 Å². The third-order valence-corrected chi connectivity index (χ3v) is 2.64. The van der Waals surface area contributed by atoms with Crippen molar-refractivity contribution in [1.82, 2.24) is 10.3 Å². The van der Waals surface area contributed by atoms with Gasteiger partial charge in [0.25, 0.3) is 0 Å². The second kappa shape index (κ2) is 5.60. The van der Waals surface area contributed by atoms with Crippen LogP contribution in [0.3, 0.4) is 0 Å². The van der Waals surface area contributed by atoms with Gasteiger partial charge in [-0.25, -0.2) is 0 Å². The quantitative estimate of drug-likeness (QED) is 0.867. The molecule has 2 heteroatoms. The summed E-state index contributed by atoms with van der Waals surface area (Å²) in [4.78, 5) is 4.28. The van der Waals surface area contributed by atoms with Crippen LogP contribution in [0.5, 0.6) is 0 Å². The molecule has 0 aliphatic rings. The molecule has 88 valence electrons. The van der Waals surface area contributed by atoms with Gasteiger partial charge in [-0.3, -0.25) is 4.98 Å². The first-order valence-corrected chi connectivity index (χ1v) is 5.92. The number of aromatic nitrogens is 1. The van der Waals surface area contributed by atoms with Gasteiger partial charge in [-0.15, -0.1) is 0 Å². The second-order valence-corrected chi connectivity index (χ2v) is 4.42. The molecule has 1 N–H and O–H groups in total. The lowest BCUT2D eigenvalue weighted by Gasteiger charge is -2.06. The zero-order chi connectivity index (χ0) is 12.1. The Morgan fingerprint density at radius 3 is 2.41 bits per heavy atom. The largest absolute Gasteiger partial charge is 0.307 e. The maximum Gasteiger partial charge on any atom is 0.0541 e. The molecular weight excluding hydrogens is 208 g/mol. The van der Waals surface area contributed by atoms with Crippen LogP contribution in [0.15, 0.2) is 42.6 Å². The van der Waals surface area contributed by atoms with Crippen molar-refractivity contribution in [3.05, 3.63) is 65.0 Å². The lowest BCUT2D eigenvalue weighted by Crippen LogP contribution is -2.13. The molecule has 1 aromatic heterocycles. The van der Waals surface area contributed by atoms with Crippen LogP contribution in [0.4, 0.5) is 0 Å². The normalized spacial score (nSPS) is 10.5. The molecule has 0 bridgehead atoms. The van der Waals surface area contributed by atoms with Crippen molar-refractivity contribution in [2.45, 2.75) is 26.9 Å². The van der Waals surface area contributed by atoms with Gasteiger partial charge in [0.05, 0.1) is 5.69 Å². The van der Waals surface area contributed by atoms with E-state index in [1.807, 2.05) is 24.4 Å². The van der Waals surface area contributed by atoms with E-state index in [4.69, 9.17) is 0 Å². The van der Waals surface area contributed by atoms with Crippen molar-refractivity contribution in [2.75, 3.05) is 0 Å². The van der Waals surface area contributed by atoms with Gasteiger partial charge >= 0.3 is 0 Å². The number of nitrogens with zero attached hydrogens (tertiary/aromatic N) is 1. The smallest absolute Gasteiger partial charge is 0.0541 e. The Bertz CT molecular complexity index is 457. The number of hydrogen-bond acceptors (Lipinski definition) is 2. The van der Waals surface area contributed by atoms with Crippen LogP contribution in [-0.2, 0) is 13.1 Å². The van der Waals surface area contributed by atoms with Crippen LogP contribution < -0.4 is 5.32 Å². The second-order valence-electron chi connectivity index (χ2n) is 4.42. The molecule has 0 radical (unpaired) electrons. The molecule has 0 amide bonds. The Morgan fingerprint density at radius 2 is 1.76 bits per heavy atom. The first kappa shape index (κ1) is 11.8. The van der Waals surface area contributed by atoms with Gasteiger partial charge in [0.2, 0.25) is 0 Å². The van der Waals surface area contributed by atoms with Crippen LogP contribution in [0.2, 0.25) is 0 Å². The minimum absolute atomic E-state index is 0.813. The summed E-state index contributed by atoms with van der Waals surface area (Å²) >= 11 is 0. The van der Waals surface area contributed by atoms with E-state index >= 15 is 0 Å². The van der Waals surface area contributed by atoms with E-state index in [0.717, 1.165) is 18.8 Å². The van der Waals surface area contributed by atoms with Crippen LogP contribution in [0, 0.1) is 13.8 Å². The van der Waals surface area contributed by atoms with Crippen LogP contribution in [0.25, 0.3) is 0 Å². The van der Waals surface area contributed by atoms with E-state index in [9.17, 15) is 0 Å². The summed E-state index contributed by atoms with van der Waals surface area (Å²) in [7, 11) is 0. The van der Waals surface area contributed by atoms with Gasteiger partial charge in [-0.1, -0.05) is 35.4 Å². The highest BCUT2D eigenvalue weighted by molar-refractivity contribution is 5.28. The minimum Gasteiger partial charge on any atom is -0.307 e. The zero-order valence-corrected chi connectivity index (χ0v) is 10.4. The molecule has 17 heavy (non-hydrogen) atoms. The number of nitrogens with one attached hydrogen (secondary N) is 1. The van der Waals surface area contributed by atoms with Gasteiger partial charge in [-0.05, 0) is 31.5 Å². The van der Waals surface area contributed by atoms with Gasteiger partial charge in [0.15, 0.2) is 0 Å². The van der Waals surface area contributed by atoms with E-state index in [-0.39, 0.29) is 0 Å². The van der Waals surface area contributed by atoms with Gasteiger partial charge in [0, 0.05) is 19.3 Å². The minimum atomic E-state index is 0.813. The van der Waals surface area contributed by atoms with Crippen molar-refractivity contribution >= 4 is 0 Å². The Morgan fingerprint density at radius 1 is 1.00 bits per heavy atom. The molecule has 0 atom stereocenters. The third-order valence-electron chi connectivity index (χ3n) is 2.64. The van der Waals surface area contributed by atoms with E-state index in [1.165, 1.54) is 16.7 Å². The fraction of sp³-hybridized carbons (Fsp3) is 0.267. The maximum absolute atomic E-state index is 4.28. The SMILES string of the molecule is Cc1cc(C)cc(CNCc2ccccn2)c1. The number of aryl methyl sites for hydroxylation is 2. The lowest BCUT2D eigenvalue weighted by molar-refractivity contribution is 0.679. The molecule has 0 fully saturated rings. The lowest BCUT2D eigenvalue weighted by atomic mass is 10.1. The predicted octanol–water partition coefficient (Wildman–Crippen LogP) is 2.99. The third kappa shape index (κ3) is 3.68. The molecule has 1 heterocycles. The summed E-state index contributed by atoms with van der Waals surface area (Å²) in [5.41, 5.74) is 5.05. The van der Waals surface area contributed by atoms with Crippen LogP contribution in [-0.4, -0.2) is 4.98 Å². The Balaban J connectivity index is 1.90. The molecule has 0 spiro atoms. The van der Waals surface area contributed by atoms with Crippen LogP contribution in [0.1, 0.15) is 22.4 Å². The van der Waals surface area contributed by atoms with E-state index in [0.29, 0.717) is 0 Å². The van der Waals surface area contributed by atoms with Gasteiger partial charge in [-0.2, -0.15) is 0 Å². The molecular formula is C15H18N2. The number of rotatable bonds is 4. The first-order chi connectivity index (χ1) is 8.24. The number of hydrogen-bond donors (Lipinski definition) is 1. The molecule has 2 nitrogen and oxygen atoms in total. The molecule has 0 unspecified atom stereocenters. The summed E-state index contributed by atoms with van der Waals surface area (Å²) in [6.07, 6.45) is 1.83. The fourth-order valence-electron chi connectivity index (χ4n) is 2.01. The topological polar surface area (TPSA) is 24.9 Å². The summed E-state index contributed by atoms with van der Waals surface area (Å²) in [5, 5.41) is 3.41. The highest BCUT2D eigenvalue weighted by Gasteiger charge is 1.97. The summed E-state index contributed by atoms with van der Waals surface area (Å²) in [5.74, 6) is 0. The molecule has 0 aliphatic heterocycles. The highest BCUT2D eigenvalue weighted by atomic mass is 14.9. The summed E-state index contributed by atoms with van der Waals surface area (Å²) in [6.45, 7) is 5.97. The molecule has 0 saturated heterocycles. The Kier molecular flexibility index (Phi) is 3.89. The Labute approximate surface area is 103 Å². The summed E-state index contributed by atoms with van der Waals surface area (Å²) < 4.78 is 0. The average Bonchev–Trinajstić information content (AvgIpc) is 2.29. The van der Waals surface area contributed by atoms with Crippen LogP contribution >= 0.6 is 0 Å². The Hall–Kier alpha value is -1.67. The van der Waals surface area contributed by atoms with E-state index < -0.39 is 0 Å². The number of pyridine rings is 1. The maximum atomic E-state index is 4.28. The van der Waals surface area contributed by atoms with E-state index in [1.54, 1.807) is 0 Å². The van der Waals surface area contributed by atoms with Crippen molar-refractivity contribution < 1.29 is 0 Å². The van der Waals surface area contributed by atoms with Gasteiger partial charge in [0.1, 0.15) is 0 Å². The fourth-order valence-corrected chi connectivity index (χ4v) is 2.01. The summed E-state index contributed by atoms with van der Waals surface area (Å²) in [6, 6.07) is 12.6.